The molecule has 0 aliphatic heterocycles. The Morgan fingerprint density at radius 3 is 2.69 bits per heavy atom. The summed E-state index contributed by atoms with van der Waals surface area (Å²) in [5, 5.41) is 0. The number of hydrogen-bond acceptors (Lipinski definition) is 3. The maximum absolute atomic E-state index is 11.0. The van der Waals surface area contributed by atoms with Gasteiger partial charge >= 0.3 is 0 Å². The molecule has 0 radical (unpaired) electrons. The molecule has 1 aromatic heterocycles. The molecular formula is C12H11N3O. The first-order valence-corrected chi connectivity index (χ1v) is 4.78. The quantitative estimate of drug-likeness (QED) is 0.740. The lowest BCUT2D eigenvalue weighted by Gasteiger charge is -2.03. The highest BCUT2D eigenvalue weighted by molar-refractivity contribution is 5.93. The second-order valence-corrected chi connectivity index (χ2v) is 3.42. The van der Waals surface area contributed by atoms with E-state index >= 15 is 0 Å². The molecule has 0 aliphatic rings. The fourth-order valence-corrected chi connectivity index (χ4v) is 1.44. The van der Waals surface area contributed by atoms with E-state index in [0.29, 0.717) is 16.9 Å². The van der Waals surface area contributed by atoms with E-state index in [1.54, 1.807) is 30.5 Å². The summed E-state index contributed by atoms with van der Waals surface area (Å²) in [5.74, 6) is -0.465. The van der Waals surface area contributed by atoms with Gasteiger partial charge in [-0.05, 0) is 24.3 Å². The minimum Gasteiger partial charge on any atom is -0.399 e. The summed E-state index contributed by atoms with van der Waals surface area (Å²) in [6, 6.07) is 10.5. The number of nitrogens with zero attached hydrogens (tertiary/aromatic N) is 1. The third-order valence-electron chi connectivity index (χ3n) is 2.23. The van der Waals surface area contributed by atoms with Gasteiger partial charge in [0.15, 0.2) is 0 Å². The Morgan fingerprint density at radius 1 is 1.19 bits per heavy atom. The largest absolute Gasteiger partial charge is 0.399 e. The second kappa shape index (κ2) is 4.02. The average molecular weight is 213 g/mol. The molecule has 2 rings (SSSR count). The van der Waals surface area contributed by atoms with Gasteiger partial charge in [0.1, 0.15) is 0 Å². The molecule has 0 fully saturated rings. The van der Waals surface area contributed by atoms with E-state index in [4.69, 9.17) is 11.5 Å². The maximum atomic E-state index is 11.0. The summed E-state index contributed by atoms with van der Waals surface area (Å²) in [6.45, 7) is 0. The molecule has 2 aromatic rings. The zero-order valence-electron chi connectivity index (χ0n) is 8.55. The smallest absolute Gasteiger partial charge is 0.248 e. The number of anilines is 1. The van der Waals surface area contributed by atoms with Crippen molar-refractivity contribution < 1.29 is 4.79 Å². The van der Waals surface area contributed by atoms with Crippen LogP contribution in [0.3, 0.4) is 0 Å². The molecule has 16 heavy (non-hydrogen) atoms. The maximum Gasteiger partial charge on any atom is 0.248 e. The van der Waals surface area contributed by atoms with Crippen molar-refractivity contribution in [2.75, 3.05) is 5.73 Å². The number of primary amides is 1. The van der Waals surface area contributed by atoms with Gasteiger partial charge in [0.2, 0.25) is 5.91 Å². The number of carbonyl (C=O) groups excluding carboxylic acids is 1. The predicted octanol–water partition coefficient (Wildman–Crippen LogP) is 1.43. The van der Waals surface area contributed by atoms with E-state index < -0.39 is 5.91 Å². The molecule has 0 atom stereocenters. The number of benzene rings is 1. The lowest BCUT2D eigenvalue weighted by Crippen LogP contribution is -2.10. The lowest BCUT2D eigenvalue weighted by atomic mass is 10.1. The number of nitrogens with two attached hydrogens (primary N) is 2. The van der Waals surface area contributed by atoms with Gasteiger partial charge in [-0.3, -0.25) is 9.78 Å². The van der Waals surface area contributed by atoms with Crippen LogP contribution < -0.4 is 11.5 Å². The average Bonchev–Trinajstić information content (AvgIpc) is 2.29. The third kappa shape index (κ3) is 2.00. The van der Waals surface area contributed by atoms with Crippen molar-refractivity contribution in [2.45, 2.75) is 0 Å². The molecule has 0 saturated heterocycles. The van der Waals surface area contributed by atoms with Crippen molar-refractivity contribution in [2.24, 2.45) is 5.73 Å². The molecule has 1 heterocycles. The molecule has 0 saturated carbocycles. The molecule has 0 unspecified atom stereocenters. The fraction of sp³-hybridized carbons (Fsp3) is 0. The molecule has 0 bridgehead atoms. The van der Waals surface area contributed by atoms with E-state index in [1.807, 2.05) is 12.1 Å². The van der Waals surface area contributed by atoms with Crippen LogP contribution in [0.25, 0.3) is 11.3 Å². The highest BCUT2D eigenvalue weighted by Crippen LogP contribution is 2.19. The van der Waals surface area contributed by atoms with Crippen molar-refractivity contribution in [3.8, 4) is 11.3 Å². The van der Waals surface area contributed by atoms with Gasteiger partial charge < -0.3 is 11.5 Å². The molecule has 80 valence electrons. The van der Waals surface area contributed by atoms with Crippen LogP contribution in [0.1, 0.15) is 10.4 Å². The summed E-state index contributed by atoms with van der Waals surface area (Å²) in [4.78, 5) is 15.2. The van der Waals surface area contributed by atoms with Crippen LogP contribution in [-0.4, -0.2) is 10.9 Å². The minimum atomic E-state index is -0.465. The van der Waals surface area contributed by atoms with Gasteiger partial charge in [-0.25, -0.2) is 0 Å². The standard InChI is InChI=1S/C12H11N3O/c13-10-3-1-2-8(6-10)11-7-9(12(14)16)4-5-15-11/h1-7H,13H2,(H2,14,16). The van der Waals surface area contributed by atoms with Crippen LogP contribution in [0.2, 0.25) is 0 Å². The Kier molecular flexibility index (Phi) is 2.55. The van der Waals surface area contributed by atoms with E-state index in [9.17, 15) is 4.79 Å². The molecule has 0 spiro atoms. The first kappa shape index (κ1) is 10.2. The van der Waals surface area contributed by atoms with Gasteiger partial charge in [0, 0.05) is 23.0 Å². The van der Waals surface area contributed by atoms with E-state index in [0.717, 1.165) is 5.56 Å². The van der Waals surface area contributed by atoms with Gasteiger partial charge in [-0.2, -0.15) is 0 Å². The highest BCUT2D eigenvalue weighted by atomic mass is 16.1. The van der Waals surface area contributed by atoms with Crippen LogP contribution in [-0.2, 0) is 0 Å². The van der Waals surface area contributed by atoms with Crippen molar-refractivity contribution >= 4 is 11.6 Å². The van der Waals surface area contributed by atoms with Crippen molar-refractivity contribution in [3.05, 3.63) is 48.2 Å². The van der Waals surface area contributed by atoms with Gasteiger partial charge in [-0.1, -0.05) is 12.1 Å². The second-order valence-electron chi connectivity index (χ2n) is 3.42. The predicted molar refractivity (Wildman–Crippen MR) is 62.6 cm³/mol. The van der Waals surface area contributed by atoms with Crippen LogP contribution in [0, 0.1) is 0 Å². The summed E-state index contributed by atoms with van der Waals surface area (Å²) >= 11 is 0. The van der Waals surface area contributed by atoms with Crippen LogP contribution in [0.4, 0.5) is 5.69 Å². The molecule has 1 amide bonds. The van der Waals surface area contributed by atoms with Gasteiger partial charge in [0.05, 0.1) is 5.69 Å². The van der Waals surface area contributed by atoms with Crippen molar-refractivity contribution in [3.63, 3.8) is 0 Å². The molecule has 4 heteroatoms. The first-order valence-electron chi connectivity index (χ1n) is 4.78. The molecule has 1 aromatic carbocycles. The first-order chi connectivity index (χ1) is 7.66. The fourth-order valence-electron chi connectivity index (χ4n) is 1.44. The molecule has 4 N–H and O–H groups in total. The number of amides is 1. The number of carbonyl (C=O) groups is 1. The Hall–Kier alpha value is -2.36. The number of nitrogen functional groups attached to an aromatic ring is 1. The Labute approximate surface area is 92.9 Å². The Balaban J connectivity index is 2.48. The summed E-state index contributed by atoms with van der Waals surface area (Å²) in [7, 11) is 0. The summed E-state index contributed by atoms with van der Waals surface area (Å²) < 4.78 is 0. The van der Waals surface area contributed by atoms with Crippen LogP contribution in [0.5, 0.6) is 0 Å². The topological polar surface area (TPSA) is 82.0 Å². The van der Waals surface area contributed by atoms with E-state index in [1.165, 1.54) is 0 Å². The normalized spacial score (nSPS) is 10.0. The number of rotatable bonds is 2. The molecule has 0 aliphatic carbocycles. The van der Waals surface area contributed by atoms with E-state index in [-0.39, 0.29) is 0 Å². The molecular weight excluding hydrogens is 202 g/mol. The molecule has 4 nitrogen and oxygen atoms in total. The van der Waals surface area contributed by atoms with E-state index in [2.05, 4.69) is 4.98 Å². The van der Waals surface area contributed by atoms with Crippen LogP contribution in [0.15, 0.2) is 42.6 Å². The minimum absolute atomic E-state index is 0.437. The monoisotopic (exact) mass is 213 g/mol. The van der Waals surface area contributed by atoms with Crippen molar-refractivity contribution in [1.82, 2.24) is 4.98 Å². The third-order valence-corrected chi connectivity index (χ3v) is 2.23. The SMILES string of the molecule is NC(=O)c1ccnc(-c2cccc(N)c2)c1. The summed E-state index contributed by atoms with van der Waals surface area (Å²) in [5.41, 5.74) is 13.5. The zero-order valence-corrected chi connectivity index (χ0v) is 8.55. The number of aromatic nitrogens is 1. The number of hydrogen-bond donors (Lipinski definition) is 2. The zero-order chi connectivity index (χ0) is 11.5. The highest BCUT2D eigenvalue weighted by Gasteiger charge is 2.04. The Bertz CT molecular complexity index is 537. The Morgan fingerprint density at radius 2 is 2.00 bits per heavy atom. The van der Waals surface area contributed by atoms with Gasteiger partial charge in [-0.15, -0.1) is 0 Å². The van der Waals surface area contributed by atoms with Crippen molar-refractivity contribution in [1.29, 1.82) is 0 Å². The summed E-state index contributed by atoms with van der Waals surface area (Å²) in [6.07, 6.45) is 1.55. The number of pyridine rings is 1. The van der Waals surface area contributed by atoms with Gasteiger partial charge in [0.25, 0.3) is 0 Å². The van der Waals surface area contributed by atoms with Crippen LogP contribution >= 0.6 is 0 Å². The lowest BCUT2D eigenvalue weighted by molar-refractivity contribution is 0.1000.